The maximum Gasteiger partial charge on any atom is 0.123 e. The van der Waals surface area contributed by atoms with Crippen LogP contribution in [-0.2, 0) is 0 Å². The molecular formula is C26H17FN4. The first kappa shape index (κ1) is 17.6. The van der Waals surface area contributed by atoms with Crippen molar-refractivity contribution in [2.45, 2.75) is 0 Å². The van der Waals surface area contributed by atoms with Crippen molar-refractivity contribution in [1.29, 1.82) is 0 Å². The normalized spacial score (nSPS) is 12.4. The van der Waals surface area contributed by atoms with Gasteiger partial charge in [-0.15, -0.1) is 0 Å². The third-order valence-corrected chi connectivity index (χ3v) is 5.30. The zero-order valence-electron chi connectivity index (χ0n) is 16.4. The van der Waals surface area contributed by atoms with Crippen LogP contribution in [0.4, 0.5) is 4.39 Å². The highest BCUT2D eigenvalue weighted by Crippen LogP contribution is 2.28. The van der Waals surface area contributed by atoms with Crippen molar-refractivity contribution in [3.63, 3.8) is 0 Å². The highest BCUT2D eigenvalue weighted by molar-refractivity contribution is 5.87. The van der Waals surface area contributed by atoms with Gasteiger partial charge in [-0.05, 0) is 84.5 Å². The number of aromatic nitrogens is 4. The van der Waals surface area contributed by atoms with E-state index in [2.05, 4.69) is 15.0 Å². The Kier molecular flexibility index (Phi) is 3.93. The van der Waals surface area contributed by atoms with Crippen LogP contribution in [0.15, 0.2) is 66.7 Å². The Morgan fingerprint density at radius 1 is 0.581 bits per heavy atom. The summed E-state index contributed by atoms with van der Waals surface area (Å²) in [7, 11) is 0. The maximum atomic E-state index is 13.9. The standard InChI is InChI=1S/C26H17FN4/c27-17-3-1-2-16(10-17)25-14-24-13-22-7-6-20(29-22)11-18-4-5-19(28-18)12-21-8-9-23(30-21)15-26(25)31-24/h1-15,29,31H. The van der Waals surface area contributed by atoms with E-state index in [1.54, 1.807) is 12.1 Å². The lowest BCUT2D eigenvalue weighted by atomic mass is 10.1. The van der Waals surface area contributed by atoms with E-state index in [-0.39, 0.29) is 5.82 Å². The fraction of sp³-hybridized carbons (Fsp3) is 0. The van der Waals surface area contributed by atoms with Gasteiger partial charge in [0.15, 0.2) is 0 Å². The fourth-order valence-corrected chi connectivity index (χ4v) is 3.91. The number of halogens is 1. The molecule has 5 heterocycles. The molecule has 0 saturated heterocycles. The Morgan fingerprint density at radius 3 is 2.00 bits per heavy atom. The first-order chi connectivity index (χ1) is 15.2. The van der Waals surface area contributed by atoms with E-state index >= 15 is 0 Å². The van der Waals surface area contributed by atoms with Gasteiger partial charge in [-0.1, -0.05) is 12.1 Å². The van der Waals surface area contributed by atoms with E-state index < -0.39 is 0 Å². The Labute approximate surface area is 177 Å². The number of hydrogen-bond acceptors (Lipinski definition) is 2. The van der Waals surface area contributed by atoms with Crippen LogP contribution < -0.4 is 0 Å². The summed E-state index contributed by atoms with van der Waals surface area (Å²) >= 11 is 0. The first-order valence-electron chi connectivity index (χ1n) is 10.0. The van der Waals surface area contributed by atoms with Crippen molar-refractivity contribution in [2.75, 3.05) is 0 Å². The average molecular weight is 404 g/mol. The van der Waals surface area contributed by atoms with Crippen LogP contribution in [0.1, 0.15) is 22.8 Å². The minimum Gasteiger partial charge on any atom is -0.355 e. The number of H-pyrrole nitrogens is 2. The number of nitrogens with zero attached hydrogens (tertiary/aromatic N) is 2. The molecule has 0 amide bonds. The molecule has 0 radical (unpaired) electrons. The molecule has 148 valence electrons. The minimum absolute atomic E-state index is 0.261. The Morgan fingerprint density at radius 2 is 1.26 bits per heavy atom. The number of aromatic amines is 2. The Bertz CT molecular complexity index is 1550. The van der Waals surface area contributed by atoms with E-state index in [4.69, 9.17) is 4.98 Å². The summed E-state index contributed by atoms with van der Waals surface area (Å²) in [5.41, 5.74) is 8.88. The molecule has 6 rings (SSSR count). The van der Waals surface area contributed by atoms with Crippen molar-refractivity contribution in [1.82, 2.24) is 19.9 Å². The summed E-state index contributed by atoms with van der Waals surface area (Å²) in [5.74, 6) is -0.261. The summed E-state index contributed by atoms with van der Waals surface area (Å²) in [5, 5.41) is 0. The quantitative estimate of drug-likeness (QED) is 0.330. The number of nitrogens with one attached hydrogen (secondary N) is 2. The number of fused-ring (bicyclic) bond motifs is 8. The summed E-state index contributed by atoms with van der Waals surface area (Å²) < 4.78 is 13.9. The Hall–Kier alpha value is -4.25. The molecule has 3 aromatic heterocycles. The van der Waals surface area contributed by atoms with Gasteiger partial charge in [0.1, 0.15) is 5.82 Å². The Balaban J connectivity index is 1.68. The van der Waals surface area contributed by atoms with Gasteiger partial charge < -0.3 is 9.97 Å². The average Bonchev–Trinajstić information content (AvgIpc) is 3.53. The molecule has 2 aliphatic heterocycles. The fourth-order valence-electron chi connectivity index (χ4n) is 3.91. The monoisotopic (exact) mass is 404 g/mol. The van der Waals surface area contributed by atoms with Gasteiger partial charge in [-0.2, -0.15) is 0 Å². The van der Waals surface area contributed by atoms with Gasteiger partial charge >= 0.3 is 0 Å². The third kappa shape index (κ3) is 3.46. The molecule has 0 fully saturated rings. The first-order valence-corrected chi connectivity index (χ1v) is 10.0. The second-order valence-electron chi connectivity index (χ2n) is 7.60. The van der Waals surface area contributed by atoms with Crippen molar-refractivity contribution < 1.29 is 4.39 Å². The van der Waals surface area contributed by atoms with E-state index in [9.17, 15) is 4.39 Å². The predicted molar refractivity (Wildman–Crippen MR) is 124 cm³/mol. The molecule has 8 bridgehead atoms. The second kappa shape index (κ2) is 6.92. The number of rotatable bonds is 1. The lowest BCUT2D eigenvalue weighted by Gasteiger charge is -1.98. The zero-order chi connectivity index (χ0) is 20.8. The van der Waals surface area contributed by atoms with Crippen LogP contribution in [0.3, 0.4) is 0 Å². The van der Waals surface area contributed by atoms with E-state index in [0.717, 1.165) is 56.0 Å². The van der Waals surface area contributed by atoms with Crippen LogP contribution in [0, 0.1) is 5.82 Å². The molecule has 4 aromatic rings. The van der Waals surface area contributed by atoms with Gasteiger partial charge in [0.2, 0.25) is 0 Å². The third-order valence-electron chi connectivity index (χ3n) is 5.30. The smallest absolute Gasteiger partial charge is 0.123 e. The largest absolute Gasteiger partial charge is 0.355 e. The molecule has 0 saturated carbocycles. The lowest BCUT2D eigenvalue weighted by Crippen LogP contribution is -1.79. The van der Waals surface area contributed by atoms with Gasteiger partial charge in [-0.25, -0.2) is 14.4 Å². The summed E-state index contributed by atoms with van der Waals surface area (Å²) in [6.45, 7) is 0. The highest BCUT2D eigenvalue weighted by Gasteiger charge is 2.07. The van der Waals surface area contributed by atoms with Crippen LogP contribution in [0.5, 0.6) is 0 Å². The summed E-state index contributed by atoms with van der Waals surface area (Å²) in [6.07, 6.45) is 7.91. The SMILES string of the molecule is Fc1cccc(-c2cc3cc4ccc(cc5nc(cc6nc(cc2[nH]3)C=C6)C=C5)[nH]4)c1. The molecule has 2 aliphatic rings. The predicted octanol–water partition coefficient (Wildman–Crippen LogP) is 6.46. The molecule has 4 nitrogen and oxygen atoms in total. The number of benzene rings is 1. The van der Waals surface area contributed by atoms with Crippen molar-refractivity contribution in [3.05, 3.63) is 95.3 Å². The van der Waals surface area contributed by atoms with Gasteiger partial charge in [0.05, 0.1) is 22.8 Å². The van der Waals surface area contributed by atoms with Crippen molar-refractivity contribution >= 4 is 46.4 Å². The minimum atomic E-state index is -0.261. The summed E-state index contributed by atoms with van der Waals surface area (Å²) in [4.78, 5) is 16.2. The summed E-state index contributed by atoms with van der Waals surface area (Å²) in [6, 6.07) is 20.7. The zero-order valence-corrected chi connectivity index (χ0v) is 16.4. The van der Waals surface area contributed by atoms with E-state index in [1.807, 2.05) is 72.8 Å². The van der Waals surface area contributed by atoms with Crippen molar-refractivity contribution in [3.8, 4) is 11.1 Å². The van der Waals surface area contributed by atoms with Crippen LogP contribution in [-0.4, -0.2) is 19.9 Å². The molecule has 5 heteroatoms. The van der Waals surface area contributed by atoms with Crippen LogP contribution >= 0.6 is 0 Å². The molecule has 0 unspecified atom stereocenters. The number of hydrogen-bond donors (Lipinski definition) is 2. The molecule has 2 N–H and O–H groups in total. The van der Waals surface area contributed by atoms with Crippen LogP contribution in [0.2, 0.25) is 0 Å². The molecule has 1 aromatic carbocycles. The molecule has 0 atom stereocenters. The van der Waals surface area contributed by atoms with E-state index in [1.165, 1.54) is 6.07 Å². The molecule has 31 heavy (non-hydrogen) atoms. The van der Waals surface area contributed by atoms with E-state index in [0.29, 0.717) is 0 Å². The van der Waals surface area contributed by atoms with Gasteiger partial charge in [0, 0.05) is 27.6 Å². The van der Waals surface area contributed by atoms with Gasteiger partial charge in [0.25, 0.3) is 0 Å². The van der Waals surface area contributed by atoms with Crippen LogP contribution in [0.25, 0.3) is 57.5 Å². The molecule has 0 aliphatic carbocycles. The molecular weight excluding hydrogens is 387 g/mol. The second-order valence-corrected chi connectivity index (χ2v) is 7.60. The maximum absolute atomic E-state index is 13.9. The topological polar surface area (TPSA) is 57.4 Å². The molecule has 0 spiro atoms. The van der Waals surface area contributed by atoms with Crippen molar-refractivity contribution in [2.24, 2.45) is 0 Å². The lowest BCUT2D eigenvalue weighted by molar-refractivity contribution is 0.628. The highest BCUT2D eigenvalue weighted by atomic mass is 19.1. The van der Waals surface area contributed by atoms with Gasteiger partial charge in [-0.3, -0.25) is 0 Å².